The fourth-order valence-electron chi connectivity index (χ4n) is 5.95. The molecule has 0 aromatic heterocycles. The van der Waals surface area contributed by atoms with E-state index in [9.17, 15) is 8.42 Å². The molecule has 0 N–H and O–H groups in total. The normalized spacial score (nSPS) is 25.8. The van der Waals surface area contributed by atoms with E-state index < -0.39 is 14.6 Å². The minimum Gasteiger partial charge on any atom is -0.302 e. The fourth-order valence-corrected chi connectivity index (χ4v) is 8.21. The lowest BCUT2D eigenvalue weighted by Gasteiger charge is -2.41. The maximum absolute atomic E-state index is 13.3. The lowest BCUT2D eigenvalue weighted by molar-refractivity contribution is 0.269. The topological polar surface area (TPSA) is 37.4 Å². The van der Waals surface area contributed by atoms with Crippen molar-refractivity contribution in [3.63, 3.8) is 0 Å². The highest BCUT2D eigenvalue weighted by Crippen LogP contribution is 2.46. The Kier molecular flexibility index (Phi) is 5.03. The van der Waals surface area contributed by atoms with E-state index in [1.54, 1.807) is 17.7 Å². The monoisotopic (exact) mass is 409 g/mol. The van der Waals surface area contributed by atoms with Crippen LogP contribution in [0, 0.1) is 5.92 Å². The summed E-state index contributed by atoms with van der Waals surface area (Å²) in [6.45, 7) is 3.35. The maximum atomic E-state index is 13.3. The second-order valence-corrected chi connectivity index (χ2v) is 11.7. The first kappa shape index (κ1) is 19.3. The first-order valence-corrected chi connectivity index (χ1v) is 12.7. The van der Waals surface area contributed by atoms with Crippen molar-refractivity contribution in [3.8, 4) is 0 Å². The van der Waals surface area contributed by atoms with E-state index in [1.807, 2.05) is 18.2 Å². The van der Waals surface area contributed by atoms with Crippen LogP contribution in [0.5, 0.6) is 0 Å². The van der Waals surface area contributed by atoms with Crippen molar-refractivity contribution in [2.45, 2.75) is 60.5 Å². The summed E-state index contributed by atoms with van der Waals surface area (Å²) in [5, 5.41) is 0. The summed E-state index contributed by atoms with van der Waals surface area (Å²) in [6, 6.07) is 18.0. The van der Waals surface area contributed by atoms with Crippen LogP contribution >= 0.6 is 0 Å². The summed E-state index contributed by atoms with van der Waals surface area (Å²) in [5.41, 5.74) is 3.10. The third-order valence-electron chi connectivity index (χ3n) is 7.75. The Morgan fingerprint density at radius 2 is 1.72 bits per heavy atom. The number of rotatable bonds is 6. The number of hydrogen-bond donors (Lipinski definition) is 0. The minimum atomic E-state index is -3.24. The molecule has 3 nitrogen and oxygen atoms in total. The zero-order valence-corrected chi connectivity index (χ0v) is 17.9. The molecule has 1 heterocycles. The Balaban J connectivity index is 1.23. The van der Waals surface area contributed by atoms with E-state index in [4.69, 9.17) is 0 Å². The van der Waals surface area contributed by atoms with E-state index >= 15 is 0 Å². The van der Waals surface area contributed by atoms with Gasteiger partial charge in [-0.1, -0.05) is 48.9 Å². The Bertz CT molecular complexity index is 965. The summed E-state index contributed by atoms with van der Waals surface area (Å²) < 4.78 is 26.1. The molecule has 0 amide bonds. The number of nitrogens with zero attached hydrogens (tertiary/aromatic N) is 1. The van der Waals surface area contributed by atoms with Crippen LogP contribution in [0.1, 0.15) is 55.6 Å². The van der Waals surface area contributed by atoms with Crippen molar-refractivity contribution >= 4 is 9.84 Å². The summed E-state index contributed by atoms with van der Waals surface area (Å²) in [6.07, 6.45) is 6.97. The van der Waals surface area contributed by atoms with Crippen LogP contribution in [0.15, 0.2) is 59.5 Å². The zero-order valence-electron chi connectivity index (χ0n) is 17.1. The van der Waals surface area contributed by atoms with E-state index in [0.29, 0.717) is 10.8 Å². The summed E-state index contributed by atoms with van der Waals surface area (Å²) in [4.78, 5) is 3.10. The highest BCUT2D eigenvalue weighted by Gasteiger charge is 2.49. The first-order valence-electron chi connectivity index (χ1n) is 11.2. The van der Waals surface area contributed by atoms with Gasteiger partial charge in [-0.25, -0.2) is 8.42 Å². The Morgan fingerprint density at radius 3 is 2.48 bits per heavy atom. The largest absolute Gasteiger partial charge is 0.302 e. The van der Waals surface area contributed by atoms with Gasteiger partial charge in [-0.2, -0.15) is 0 Å². The van der Waals surface area contributed by atoms with Gasteiger partial charge in [0.15, 0.2) is 9.84 Å². The maximum Gasteiger partial charge on any atom is 0.184 e. The van der Waals surface area contributed by atoms with Gasteiger partial charge in [0.2, 0.25) is 0 Å². The molecule has 154 valence electrons. The lowest BCUT2D eigenvalue weighted by atomic mass is 9.77. The van der Waals surface area contributed by atoms with Crippen molar-refractivity contribution in [1.29, 1.82) is 0 Å². The van der Waals surface area contributed by atoms with Crippen LogP contribution in [0.2, 0.25) is 0 Å². The molecule has 0 spiro atoms. The van der Waals surface area contributed by atoms with E-state index in [-0.39, 0.29) is 0 Å². The molecule has 0 radical (unpaired) electrons. The predicted octanol–water partition coefficient (Wildman–Crippen LogP) is 4.83. The second-order valence-electron chi connectivity index (χ2n) is 9.32. The van der Waals surface area contributed by atoms with Gasteiger partial charge in [-0.05, 0) is 74.2 Å². The molecule has 5 rings (SSSR count). The fraction of sp³-hybridized carbons (Fsp3) is 0.520. The third-order valence-corrected chi connectivity index (χ3v) is 10.4. The van der Waals surface area contributed by atoms with Crippen molar-refractivity contribution in [2.75, 3.05) is 19.6 Å². The van der Waals surface area contributed by atoms with Crippen LogP contribution in [0.3, 0.4) is 0 Å². The van der Waals surface area contributed by atoms with Crippen molar-refractivity contribution < 1.29 is 8.42 Å². The van der Waals surface area contributed by atoms with Crippen molar-refractivity contribution in [2.24, 2.45) is 5.92 Å². The molecule has 1 aliphatic heterocycles. The summed E-state index contributed by atoms with van der Waals surface area (Å²) in [5.74, 6) is 1.45. The Hall–Kier alpha value is -1.65. The van der Waals surface area contributed by atoms with Gasteiger partial charge in [0.05, 0.1) is 9.64 Å². The SMILES string of the molecule is O=S(=O)(c1ccccc1)C1(CCCN2CC3c4ccccc4CC[C@@H]3C2)CCC1. The number of likely N-dealkylation sites (tertiary alicyclic amines) is 1. The molecule has 29 heavy (non-hydrogen) atoms. The second kappa shape index (κ2) is 7.55. The highest BCUT2D eigenvalue weighted by molar-refractivity contribution is 7.93. The minimum absolute atomic E-state index is 0.503. The van der Waals surface area contributed by atoms with Crippen LogP contribution in [-0.4, -0.2) is 37.7 Å². The first-order chi connectivity index (χ1) is 14.1. The molecule has 2 atom stereocenters. The van der Waals surface area contributed by atoms with E-state index in [1.165, 1.54) is 24.9 Å². The standard InChI is InChI=1S/C25H31NO2S/c27-29(28,22-9-2-1-3-10-22)25(14-6-15-25)16-7-17-26-18-21-13-12-20-8-4-5-11-23(20)24(21)19-26/h1-5,8-11,21,24H,6-7,12-19H2/t21-,24?/m1/s1. The van der Waals surface area contributed by atoms with Gasteiger partial charge < -0.3 is 4.90 Å². The Labute approximate surface area is 175 Å². The molecule has 1 unspecified atom stereocenters. The van der Waals surface area contributed by atoms with E-state index in [2.05, 4.69) is 29.2 Å². The molecule has 2 fully saturated rings. The molecule has 0 bridgehead atoms. The van der Waals surface area contributed by atoms with Gasteiger partial charge in [0.25, 0.3) is 0 Å². The van der Waals surface area contributed by atoms with Crippen LogP contribution in [0.4, 0.5) is 0 Å². The predicted molar refractivity (Wildman–Crippen MR) is 117 cm³/mol. The number of benzene rings is 2. The lowest BCUT2D eigenvalue weighted by Crippen LogP contribution is -2.45. The van der Waals surface area contributed by atoms with Crippen molar-refractivity contribution in [3.05, 3.63) is 65.7 Å². The number of sulfone groups is 1. The van der Waals surface area contributed by atoms with Crippen molar-refractivity contribution in [1.82, 2.24) is 4.90 Å². The van der Waals surface area contributed by atoms with Gasteiger partial charge in [0, 0.05) is 19.0 Å². The van der Waals surface area contributed by atoms with E-state index in [0.717, 1.165) is 51.1 Å². The molecule has 1 saturated heterocycles. The quantitative estimate of drug-likeness (QED) is 0.686. The molecular formula is C25H31NO2S. The molecule has 2 aromatic rings. The number of hydrogen-bond acceptors (Lipinski definition) is 3. The molecule has 2 aliphatic carbocycles. The molecular weight excluding hydrogens is 378 g/mol. The Morgan fingerprint density at radius 1 is 0.966 bits per heavy atom. The smallest absolute Gasteiger partial charge is 0.184 e. The number of fused-ring (bicyclic) bond motifs is 3. The summed E-state index contributed by atoms with van der Waals surface area (Å²) >= 11 is 0. The molecule has 1 saturated carbocycles. The highest BCUT2D eigenvalue weighted by atomic mass is 32.2. The summed E-state index contributed by atoms with van der Waals surface area (Å²) in [7, 11) is -3.24. The molecule has 3 aliphatic rings. The van der Waals surface area contributed by atoms with Crippen LogP contribution in [0.25, 0.3) is 0 Å². The van der Waals surface area contributed by atoms with Gasteiger partial charge in [-0.3, -0.25) is 0 Å². The number of aryl methyl sites for hydroxylation is 1. The molecule has 2 aromatic carbocycles. The third kappa shape index (κ3) is 3.34. The van der Waals surface area contributed by atoms with Gasteiger partial charge in [0.1, 0.15) is 0 Å². The average Bonchev–Trinajstić information content (AvgIpc) is 3.14. The average molecular weight is 410 g/mol. The van der Waals surface area contributed by atoms with Crippen LogP contribution < -0.4 is 0 Å². The van der Waals surface area contributed by atoms with Gasteiger partial charge >= 0.3 is 0 Å². The zero-order chi connectivity index (χ0) is 19.9. The molecule has 4 heteroatoms. The van der Waals surface area contributed by atoms with Gasteiger partial charge in [-0.15, -0.1) is 0 Å². The van der Waals surface area contributed by atoms with Crippen LogP contribution in [-0.2, 0) is 16.3 Å².